The van der Waals surface area contributed by atoms with E-state index in [1.807, 2.05) is 18.2 Å². The molecule has 0 saturated carbocycles. The number of thiazole rings is 1. The van der Waals surface area contributed by atoms with E-state index in [0.29, 0.717) is 0 Å². The molecule has 1 unspecified atom stereocenters. The van der Waals surface area contributed by atoms with Crippen LogP contribution in [0.15, 0.2) is 22.7 Å². The zero-order valence-electron chi connectivity index (χ0n) is 6.04. The summed E-state index contributed by atoms with van der Waals surface area (Å²) in [6, 6.07) is 6.01. The van der Waals surface area contributed by atoms with Crippen LogP contribution in [0, 0.1) is 0 Å². The Morgan fingerprint density at radius 2 is 2.33 bits per heavy atom. The molecule has 1 aromatic heterocycles. The van der Waals surface area contributed by atoms with E-state index in [1.165, 1.54) is 4.70 Å². The number of fused-ring (bicyclic) bond motifs is 1. The fourth-order valence-corrected chi connectivity index (χ4v) is 2.60. The highest BCUT2D eigenvalue weighted by molar-refractivity contribution is 9.10. The maximum Gasteiger partial charge on any atom is 0.186 e. The normalized spacial score (nSPS) is 10.5. The lowest BCUT2D eigenvalue weighted by Crippen LogP contribution is -1.73. The van der Waals surface area contributed by atoms with Crippen molar-refractivity contribution in [2.75, 3.05) is 5.09 Å². The Balaban J connectivity index is 2.74. The predicted octanol–water partition coefficient (Wildman–Crippen LogP) is 3.26. The van der Waals surface area contributed by atoms with Crippen molar-refractivity contribution in [1.82, 2.24) is 4.98 Å². The van der Waals surface area contributed by atoms with Crippen molar-refractivity contribution in [3.05, 3.63) is 22.7 Å². The van der Waals surface area contributed by atoms with Gasteiger partial charge in [0.15, 0.2) is 5.13 Å². The number of halogens is 1. The number of nitrogens with one attached hydrogen (secondary N) is 1. The molecular weight excluding hydrogens is 255 g/mol. The summed E-state index contributed by atoms with van der Waals surface area (Å²) in [5, 5.41) is 3.87. The summed E-state index contributed by atoms with van der Waals surface area (Å²) in [5.41, 5.74) is 1.03. The van der Waals surface area contributed by atoms with Crippen LogP contribution in [-0.2, 0) is 0 Å². The van der Waals surface area contributed by atoms with Crippen LogP contribution in [0.3, 0.4) is 0 Å². The van der Waals surface area contributed by atoms with Gasteiger partial charge in [0, 0.05) is 4.47 Å². The van der Waals surface area contributed by atoms with Crippen molar-refractivity contribution in [2.24, 2.45) is 0 Å². The Morgan fingerprint density at radius 1 is 1.50 bits per heavy atom. The van der Waals surface area contributed by atoms with Gasteiger partial charge in [0.05, 0.1) is 10.2 Å². The number of nitrogens with zero attached hydrogens (tertiary/aromatic N) is 1. The van der Waals surface area contributed by atoms with Gasteiger partial charge in [0.25, 0.3) is 0 Å². The molecule has 2 nitrogen and oxygen atoms in total. The Bertz CT molecular complexity index is 415. The lowest BCUT2D eigenvalue weighted by atomic mass is 10.3. The highest BCUT2D eigenvalue weighted by Crippen LogP contribution is 2.32. The molecule has 0 saturated heterocycles. The van der Waals surface area contributed by atoms with Gasteiger partial charge in [-0.25, -0.2) is 4.98 Å². The molecule has 2 aromatic rings. The molecule has 0 radical (unpaired) electrons. The molecule has 0 amide bonds. The van der Waals surface area contributed by atoms with Crippen LogP contribution >= 0.6 is 36.7 Å². The molecule has 1 aromatic carbocycles. The molecular formula is C7H6BrN2PS. The Morgan fingerprint density at radius 3 is 3.00 bits per heavy atom. The monoisotopic (exact) mass is 260 g/mol. The van der Waals surface area contributed by atoms with Crippen LogP contribution in [-0.4, -0.2) is 4.98 Å². The third-order valence-corrected chi connectivity index (χ3v) is 3.93. The van der Waals surface area contributed by atoms with Crippen LogP contribution in [0.5, 0.6) is 0 Å². The Labute approximate surface area is 84.8 Å². The first-order valence-corrected chi connectivity index (χ1v) is 5.51. The summed E-state index contributed by atoms with van der Waals surface area (Å²) in [5.74, 6) is 0. The molecule has 62 valence electrons. The molecule has 5 heteroatoms. The minimum Gasteiger partial charge on any atom is -0.346 e. The largest absolute Gasteiger partial charge is 0.346 e. The molecule has 0 aliphatic carbocycles. The fraction of sp³-hybridized carbons (Fsp3) is 0. The number of hydrogen-bond donors (Lipinski definition) is 1. The highest BCUT2D eigenvalue weighted by atomic mass is 79.9. The predicted molar refractivity (Wildman–Crippen MR) is 60.7 cm³/mol. The van der Waals surface area contributed by atoms with Crippen molar-refractivity contribution in [1.29, 1.82) is 0 Å². The molecule has 2 rings (SSSR count). The van der Waals surface area contributed by atoms with Crippen LogP contribution < -0.4 is 5.09 Å². The summed E-state index contributed by atoms with van der Waals surface area (Å²) in [4.78, 5) is 4.35. The van der Waals surface area contributed by atoms with Gasteiger partial charge in [-0.3, -0.25) is 0 Å². The van der Waals surface area contributed by atoms with Gasteiger partial charge < -0.3 is 5.09 Å². The lowest BCUT2D eigenvalue weighted by Gasteiger charge is -1.88. The average Bonchev–Trinajstić information content (AvgIpc) is 2.49. The first-order chi connectivity index (χ1) is 5.81. The molecule has 1 heterocycles. The topological polar surface area (TPSA) is 24.9 Å². The standard InChI is InChI=1S/C7H6BrN2PS/c8-4-2-1-3-5-6(4)12-7(9-5)10-11/h1-3H,11H2,(H,9,10). The van der Waals surface area contributed by atoms with E-state index < -0.39 is 0 Å². The lowest BCUT2D eigenvalue weighted by molar-refractivity contribution is 1.49. The molecule has 0 aliphatic rings. The summed E-state index contributed by atoms with van der Waals surface area (Å²) < 4.78 is 2.28. The summed E-state index contributed by atoms with van der Waals surface area (Å²) in [6.07, 6.45) is 0. The first kappa shape index (κ1) is 8.42. The third kappa shape index (κ3) is 1.35. The van der Waals surface area contributed by atoms with Crippen molar-refractivity contribution < 1.29 is 0 Å². The number of aromatic nitrogens is 1. The zero-order valence-corrected chi connectivity index (χ0v) is 9.60. The van der Waals surface area contributed by atoms with Crippen LogP contribution in [0.4, 0.5) is 5.13 Å². The summed E-state index contributed by atoms with van der Waals surface area (Å²) in [6.45, 7) is 0. The van der Waals surface area contributed by atoms with Gasteiger partial charge in [-0.2, -0.15) is 0 Å². The van der Waals surface area contributed by atoms with E-state index >= 15 is 0 Å². The zero-order chi connectivity index (χ0) is 8.55. The highest BCUT2D eigenvalue weighted by Gasteiger charge is 2.03. The van der Waals surface area contributed by atoms with E-state index in [-0.39, 0.29) is 0 Å². The van der Waals surface area contributed by atoms with E-state index in [0.717, 1.165) is 15.1 Å². The summed E-state index contributed by atoms with van der Waals surface area (Å²) >= 11 is 5.11. The maximum absolute atomic E-state index is 4.35. The Kier molecular flexibility index (Phi) is 2.31. The van der Waals surface area contributed by atoms with Crippen molar-refractivity contribution in [3.63, 3.8) is 0 Å². The fourth-order valence-electron chi connectivity index (χ4n) is 0.977. The first-order valence-electron chi connectivity index (χ1n) is 3.33. The molecule has 1 atom stereocenters. The third-order valence-electron chi connectivity index (χ3n) is 1.49. The van der Waals surface area contributed by atoms with Gasteiger partial charge in [-0.15, -0.1) is 0 Å². The van der Waals surface area contributed by atoms with Crippen LogP contribution in [0.2, 0.25) is 0 Å². The van der Waals surface area contributed by atoms with E-state index in [1.54, 1.807) is 11.3 Å². The maximum atomic E-state index is 4.35. The minimum absolute atomic E-state index is 0.918. The number of benzene rings is 1. The SMILES string of the molecule is PNc1nc2cccc(Br)c2s1. The van der Waals surface area contributed by atoms with Crippen LogP contribution in [0.25, 0.3) is 10.2 Å². The van der Waals surface area contributed by atoms with Gasteiger partial charge >= 0.3 is 0 Å². The van der Waals surface area contributed by atoms with Gasteiger partial charge in [0.1, 0.15) is 0 Å². The van der Waals surface area contributed by atoms with Crippen LogP contribution in [0.1, 0.15) is 0 Å². The Hall–Kier alpha value is -0.180. The van der Waals surface area contributed by atoms with E-state index in [2.05, 4.69) is 35.4 Å². The average molecular weight is 261 g/mol. The smallest absolute Gasteiger partial charge is 0.186 e. The van der Waals surface area contributed by atoms with E-state index in [4.69, 9.17) is 0 Å². The summed E-state index contributed by atoms with van der Waals surface area (Å²) in [7, 11) is 2.44. The van der Waals surface area contributed by atoms with Crippen molar-refractivity contribution >= 4 is 52.0 Å². The molecule has 0 aliphatic heterocycles. The second-order valence-electron chi connectivity index (χ2n) is 2.25. The number of hydrogen-bond acceptors (Lipinski definition) is 3. The minimum atomic E-state index is 0.918. The molecule has 0 fully saturated rings. The van der Waals surface area contributed by atoms with E-state index in [9.17, 15) is 0 Å². The molecule has 0 spiro atoms. The number of anilines is 1. The van der Waals surface area contributed by atoms with Crippen molar-refractivity contribution in [3.8, 4) is 0 Å². The number of rotatable bonds is 1. The van der Waals surface area contributed by atoms with Gasteiger partial charge in [0.2, 0.25) is 0 Å². The van der Waals surface area contributed by atoms with Gasteiger partial charge in [-0.1, -0.05) is 17.4 Å². The van der Waals surface area contributed by atoms with Gasteiger partial charge in [-0.05, 0) is 37.5 Å². The molecule has 1 N–H and O–H groups in total. The van der Waals surface area contributed by atoms with Crippen molar-refractivity contribution in [2.45, 2.75) is 0 Å². The molecule has 12 heavy (non-hydrogen) atoms. The molecule has 0 bridgehead atoms. The second-order valence-corrected chi connectivity index (χ2v) is 4.39. The quantitative estimate of drug-likeness (QED) is 0.797. The second kappa shape index (κ2) is 3.29.